The van der Waals surface area contributed by atoms with Crippen molar-refractivity contribution in [2.24, 2.45) is 5.41 Å². The van der Waals surface area contributed by atoms with Gasteiger partial charge in [0.25, 0.3) is 0 Å². The Morgan fingerprint density at radius 3 is 2.62 bits per heavy atom. The van der Waals surface area contributed by atoms with Crippen LogP contribution < -0.4 is 5.32 Å². The van der Waals surface area contributed by atoms with Crippen LogP contribution in [0.3, 0.4) is 0 Å². The molecule has 1 N–H and O–H groups in total. The van der Waals surface area contributed by atoms with Crippen LogP contribution in [0, 0.1) is 5.41 Å². The van der Waals surface area contributed by atoms with Gasteiger partial charge in [-0.3, -0.25) is 0 Å². The lowest BCUT2D eigenvalue weighted by atomic mass is 9.74. The molecule has 3 nitrogen and oxygen atoms in total. The molecular formula is C10H18N2O. The number of nitrogens with one attached hydrogen (secondary N) is 1. The first-order valence-corrected chi connectivity index (χ1v) is 5.13. The minimum absolute atomic E-state index is 0.320. The molecule has 0 aromatic heterocycles. The Balaban J connectivity index is 1.56. The van der Waals surface area contributed by atoms with Crippen LogP contribution in [-0.4, -0.2) is 43.4 Å². The van der Waals surface area contributed by atoms with Crippen molar-refractivity contribution in [1.82, 2.24) is 10.2 Å². The molecule has 2 heterocycles. The van der Waals surface area contributed by atoms with Gasteiger partial charge in [-0.05, 0) is 19.9 Å². The van der Waals surface area contributed by atoms with E-state index >= 15 is 0 Å². The molecule has 2 aliphatic rings. The number of nitrogens with zero attached hydrogens (tertiary/aromatic N) is 1. The lowest BCUT2D eigenvalue weighted by molar-refractivity contribution is -0.117. The van der Waals surface area contributed by atoms with E-state index in [4.69, 9.17) is 0 Å². The monoisotopic (exact) mass is 182 g/mol. The van der Waals surface area contributed by atoms with Crippen LogP contribution in [0.2, 0.25) is 0 Å². The molecule has 0 aromatic rings. The Morgan fingerprint density at radius 2 is 2.15 bits per heavy atom. The van der Waals surface area contributed by atoms with Crippen molar-refractivity contribution in [3.05, 3.63) is 0 Å². The molecule has 0 aromatic carbocycles. The summed E-state index contributed by atoms with van der Waals surface area (Å²) in [5.41, 5.74) is 0.635. The van der Waals surface area contributed by atoms with Crippen LogP contribution in [0.1, 0.15) is 19.8 Å². The highest BCUT2D eigenvalue weighted by Crippen LogP contribution is 2.33. The number of Topliss-reactive ketones (excluding diaryl/α,β-unsaturated/α-hetero) is 1. The van der Waals surface area contributed by atoms with Gasteiger partial charge in [-0.25, -0.2) is 0 Å². The Bertz CT molecular complexity index is 203. The van der Waals surface area contributed by atoms with Crippen molar-refractivity contribution in [3.63, 3.8) is 0 Å². The maximum Gasteiger partial charge on any atom is 0.129 e. The summed E-state index contributed by atoms with van der Waals surface area (Å²) >= 11 is 0. The fourth-order valence-corrected chi connectivity index (χ4v) is 2.31. The molecule has 2 fully saturated rings. The topological polar surface area (TPSA) is 32.3 Å². The molecule has 1 spiro atoms. The summed E-state index contributed by atoms with van der Waals surface area (Å²) in [6.45, 7) is 7.69. The normalized spacial score (nSPS) is 25.3. The Kier molecular flexibility index (Phi) is 2.39. The second-order valence-electron chi connectivity index (χ2n) is 4.62. The largest absolute Gasteiger partial charge is 0.315 e. The molecular weight excluding hydrogens is 164 g/mol. The predicted molar refractivity (Wildman–Crippen MR) is 51.7 cm³/mol. The van der Waals surface area contributed by atoms with Crippen molar-refractivity contribution >= 4 is 5.78 Å². The van der Waals surface area contributed by atoms with Gasteiger partial charge in [-0.15, -0.1) is 0 Å². The third-order valence-electron chi connectivity index (χ3n) is 3.12. The van der Waals surface area contributed by atoms with E-state index in [9.17, 15) is 4.79 Å². The van der Waals surface area contributed by atoms with E-state index in [1.165, 1.54) is 26.2 Å². The van der Waals surface area contributed by atoms with Gasteiger partial charge in [-0.2, -0.15) is 0 Å². The van der Waals surface area contributed by atoms with Gasteiger partial charge in [-0.1, -0.05) is 0 Å². The molecule has 0 bridgehead atoms. The highest BCUT2D eigenvalue weighted by molar-refractivity contribution is 5.75. The Morgan fingerprint density at radius 1 is 1.46 bits per heavy atom. The van der Waals surface area contributed by atoms with Crippen molar-refractivity contribution < 1.29 is 4.79 Å². The lowest BCUT2D eigenvalue weighted by Crippen LogP contribution is -2.70. The van der Waals surface area contributed by atoms with Crippen LogP contribution in [-0.2, 0) is 4.79 Å². The van der Waals surface area contributed by atoms with Crippen molar-refractivity contribution in [2.75, 3.05) is 32.7 Å². The summed E-state index contributed by atoms with van der Waals surface area (Å²) in [4.78, 5) is 13.2. The van der Waals surface area contributed by atoms with Crippen LogP contribution in [0.25, 0.3) is 0 Å². The molecule has 0 unspecified atom stereocenters. The number of carbonyl (C=O) groups excluding carboxylic acids is 1. The first-order chi connectivity index (χ1) is 6.20. The number of hydrogen-bond acceptors (Lipinski definition) is 3. The van der Waals surface area contributed by atoms with Gasteiger partial charge in [0.2, 0.25) is 0 Å². The maximum atomic E-state index is 10.7. The molecule has 0 radical (unpaired) electrons. The zero-order valence-corrected chi connectivity index (χ0v) is 8.31. The van der Waals surface area contributed by atoms with Crippen molar-refractivity contribution in [1.29, 1.82) is 0 Å². The molecule has 74 valence electrons. The van der Waals surface area contributed by atoms with Crippen molar-refractivity contribution in [2.45, 2.75) is 19.8 Å². The standard InChI is InChI=1S/C10H18N2O/c1-9(13)3-2-4-12-7-10(8-12)5-11-6-10/h11H,2-8H2,1H3. The number of ketones is 1. The lowest BCUT2D eigenvalue weighted by Gasteiger charge is -2.56. The fraction of sp³-hybridized carbons (Fsp3) is 0.900. The Hall–Kier alpha value is -0.410. The van der Waals surface area contributed by atoms with Crippen LogP contribution >= 0.6 is 0 Å². The van der Waals surface area contributed by atoms with E-state index < -0.39 is 0 Å². The molecule has 13 heavy (non-hydrogen) atoms. The zero-order chi connectivity index (χ0) is 9.31. The quantitative estimate of drug-likeness (QED) is 0.677. The molecule has 2 aliphatic heterocycles. The first kappa shape index (κ1) is 9.16. The maximum absolute atomic E-state index is 10.7. The second kappa shape index (κ2) is 3.39. The molecule has 3 heteroatoms. The zero-order valence-electron chi connectivity index (χ0n) is 8.31. The average Bonchev–Trinajstić information content (AvgIpc) is 1.89. The van der Waals surface area contributed by atoms with E-state index in [1.807, 2.05) is 0 Å². The van der Waals surface area contributed by atoms with E-state index in [2.05, 4.69) is 10.2 Å². The van der Waals surface area contributed by atoms with Gasteiger partial charge in [0.15, 0.2) is 0 Å². The summed E-state index contributed by atoms with van der Waals surface area (Å²) in [7, 11) is 0. The van der Waals surface area contributed by atoms with Crippen LogP contribution in [0.5, 0.6) is 0 Å². The summed E-state index contributed by atoms with van der Waals surface area (Å²) in [6.07, 6.45) is 1.79. The number of rotatable bonds is 4. The molecule has 2 rings (SSSR count). The number of likely N-dealkylation sites (tertiary alicyclic amines) is 1. The van der Waals surface area contributed by atoms with Crippen LogP contribution in [0.15, 0.2) is 0 Å². The van der Waals surface area contributed by atoms with Gasteiger partial charge >= 0.3 is 0 Å². The first-order valence-electron chi connectivity index (χ1n) is 5.13. The average molecular weight is 182 g/mol. The van der Waals surface area contributed by atoms with E-state index in [1.54, 1.807) is 6.92 Å². The summed E-state index contributed by atoms with van der Waals surface area (Å²) in [5.74, 6) is 0.320. The predicted octanol–water partition coefficient (Wildman–Crippen LogP) is 0.261. The van der Waals surface area contributed by atoms with E-state index in [0.717, 1.165) is 19.4 Å². The third kappa shape index (κ3) is 1.92. The van der Waals surface area contributed by atoms with E-state index in [0.29, 0.717) is 11.2 Å². The molecule has 0 amide bonds. The highest BCUT2D eigenvalue weighted by Gasteiger charge is 2.46. The van der Waals surface area contributed by atoms with Gasteiger partial charge in [0, 0.05) is 38.0 Å². The molecule has 0 atom stereocenters. The summed E-state index contributed by atoms with van der Waals surface area (Å²) in [6, 6.07) is 0. The van der Waals surface area contributed by atoms with Crippen LogP contribution in [0.4, 0.5) is 0 Å². The number of carbonyl (C=O) groups is 1. The fourth-order valence-electron chi connectivity index (χ4n) is 2.31. The number of hydrogen-bond donors (Lipinski definition) is 1. The van der Waals surface area contributed by atoms with E-state index in [-0.39, 0.29) is 0 Å². The minimum atomic E-state index is 0.320. The second-order valence-corrected chi connectivity index (χ2v) is 4.62. The van der Waals surface area contributed by atoms with Gasteiger partial charge < -0.3 is 15.0 Å². The smallest absolute Gasteiger partial charge is 0.129 e. The Labute approximate surface area is 79.5 Å². The summed E-state index contributed by atoms with van der Waals surface area (Å²) < 4.78 is 0. The van der Waals surface area contributed by atoms with Gasteiger partial charge in [0.05, 0.1) is 0 Å². The molecule has 0 saturated carbocycles. The minimum Gasteiger partial charge on any atom is -0.315 e. The van der Waals surface area contributed by atoms with Gasteiger partial charge in [0.1, 0.15) is 5.78 Å². The third-order valence-corrected chi connectivity index (χ3v) is 3.12. The summed E-state index contributed by atoms with van der Waals surface area (Å²) in [5, 5.41) is 3.32. The molecule has 0 aliphatic carbocycles. The highest BCUT2D eigenvalue weighted by atomic mass is 16.1. The van der Waals surface area contributed by atoms with Crippen molar-refractivity contribution in [3.8, 4) is 0 Å². The molecule has 2 saturated heterocycles. The SMILES string of the molecule is CC(=O)CCCN1CC2(CNC2)C1.